The largest absolute Gasteiger partial charge is 0.261 e. The van der Waals surface area contributed by atoms with Crippen LogP contribution >= 0.6 is 10.7 Å². The Morgan fingerprint density at radius 2 is 1.63 bits per heavy atom. The molecular formula is C14H12ClFO2S. The first-order valence-electron chi connectivity index (χ1n) is 5.60. The lowest BCUT2D eigenvalue weighted by molar-refractivity contribution is 0.602. The van der Waals surface area contributed by atoms with Crippen LogP contribution in [0.15, 0.2) is 41.3 Å². The molecular weight excluding hydrogens is 287 g/mol. The van der Waals surface area contributed by atoms with Gasteiger partial charge in [-0.05, 0) is 54.3 Å². The van der Waals surface area contributed by atoms with Crippen LogP contribution in [0.25, 0.3) is 11.1 Å². The van der Waals surface area contributed by atoms with Crippen molar-refractivity contribution < 1.29 is 12.8 Å². The molecule has 0 radical (unpaired) electrons. The third kappa shape index (κ3) is 3.14. The summed E-state index contributed by atoms with van der Waals surface area (Å²) >= 11 is 0. The number of aryl methyl sites for hydroxylation is 2. The van der Waals surface area contributed by atoms with E-state index in [1.54, 1.807) is 0 Å². The first-order chi connectivity index (χ1) is 8.77. The molecule has 2 rings (SSSR count). The van der Waals surface area contributed by atoms with Gasteiger partial charge in [-0.25, -0.2) is 12.8 Å². The maximum Gasteiger partial charge on any atom is 0.261 e. The highest BCUT2D eigenvalue weighted by molar-refractivity contribution is 8.13. The van der Waals surface area contributed by atoms with Crippen molar-refractivity contribution in [2.45, 2.75) is 18.7 Å². The van der Waals surface area contributed by atoms with Gasteiger partial charge >= 0.3 is 0 Å². The van der Waals surface area contributed by atoms with Gasteiger partial charge in [0.25, 0.3) is 9.05 Å². The van der Waals surface area contributed by atoms with Crippen molar-refractivity contribution in [3.63, 3.8) is 0 Å². The minimum Gasteiger partial charge on any atom is -0.207 e. The first-order valence-corrected chi connectivity index (χ1v) is 7.91. The van der Waals surface area contributed by atoms with Gasteiger partial charge in [0.15, 0.2) is 0 Å². The topological polar surface area (TPSA) is 34.1 Å². The number of hydrogen-bond acceptors (Lipinski definition) is 2. The summed E-state index contributed by atoms with van der Waals surface area (Å²) in [5, 5.41) is 0. The molecule has 0 aromatic heterocycles. The second kappa shape index (κ2) is 4.94. The SMILES string of the molecule is Cc1ccc(-c2cc(F)cc(S(=O)(=O)Cl)c2)cc1C. The average molecular weight is 299 g/mol. The molecule has 0 aliphatic carbocycles. The van der Waals surface area contributed by atoms with E-state index >= 15 is 0 Å². The van der Waals surface area contributed by atoms with Crippen LogP contribution in [-0.2, 0) is 9.05 Å². The fraction of sp³-hybridized carbons (Fsp3) is 0.143. The minimum atomic E-state index is -3.94. The van der Waals surface area contributed by atoms with Gasteiger partial charge in [0, 0.05) is 10.7 Å². The van der Waals surface area contributed by atoms with E-state index in [1.165, 1.54) is 12.1 Å². The Morgan fingerprint density at radius 1 is 0.947 bits per heavy atom. The summed E-state index contributed by atoms with van der Waals surface area (Å²) in [7, 11) is 1.31. The molecule has 0 atom stereocenters. The monoisotopic (exact) mass is 298 g/mol. The lowest BCUT2D eigenvalue weighted by Crippen LogP contribution is -1.93. The summed E-state index contributed by atoms with van der Waals surface area (Å²) < 4.78 is 36.1. The highest BCUT2D eigenvalue weighted by Gasteiger charge is 2.13. The van der Waals surface area contributed by atoms with Crippen LogP contribution in [0, 0.1) is 19.7 Å². The Labute approximate surface area is 116 Å². The Balaban J connectivity index is 2.62. The van der Waals surface area contributed by atoms with Crippen LogP contribution < -0.4 is 0 Å². The zero-order valence-electron chi connectivity index (χ0n) is 10.4. The van der Waals surface area contributed by atoms with E-state index in [4.69, 9.17) is 10.7 Å². The van der Waals surface area contributed by atoms with Crippen molar-refractivity contribution in [3.05, 3.63) is 53.3 Å². The van der Waals surface area contributed by atoms with Gasteiger partial charge in [0.2, 0.25) is 0 Å². The van der Waals surface area contributed by atoms with Crippen molar-refractivity contribution in [2.75, 3.05) is 0 Å². The molecule has 0 spiro atoms. The lowest BCUT2D eigenvalue weighted by atomic mass is 10.0. The molecule has 0 amide bonds. The summed E-state index contributed by atoms with van der Waals surface area (Å²) in [5.41, 5.74) is 3.41. The maximum atomic E-state index is 13.5. The van der Waals surface area contributed by atoms with Crippen LogP contribution in [0.5, 0.6) is 0 Å². The second-order valence-corrected chi connectivity index (χ2v) is 6.98. The molecule has 100 valence electrons. The maximum absolute atomic E-state index is 13.5. The molecule has 2 aromatic carbocycles. The fourth-order valence-electron chi connectivity index (χ4n) is 1.79. The zero-order chi connectivity index (χ0) is 14.2. The van der Waals surface area contributed by atoms with E-state index < -0.39 is 14.9 Å². The van der Waals surface area contributed by atoms with E-state index in [9.17, 15) is 12.8 Å². The molecule has 0 saturated carbocycles. The van der Waals surface area contributed by atoms with Crippen LogP contribution in [0.3, 0.4) is 0 Å². The lowest BCUT2D eigenvalue weighted by Gasteiger charge is -2.07. The van der Waals surface area contributed by atoms with Crippen LogP contribution in [-0.4, -0.2) is 8.42 Å². The average Bonchev–Trinajstić information content (AvgIpc) is 2.31. The second-order valence-electron chi connectivity index (χ2n) is 4.41. The quantitative estimate of drug-likeness (QED) is 0.784. The van der Waals surface area contributed by atoms with Crippen molar-refractivity contribution >= 4 is 19.7 Å². The molecule has 0 bridgehead atoms. The smallest absolute Gasteiger partial charge is 0.207 e. The summed E-state index contributed by atoms with van der Waals surface area (Å²) in [6, 6.07) is 9.18. The summed E-state index contributed by atoms with van der Waals surface area (Å²) in [6.07, 6.45) is 0. The van der Waals surface area contributed by atoms with E-state index in [0.717, 1.165) is 22.8 Å². The van der Waals surface area contributed by atoms with E-state index in [0.29, 0.717) is 5.56 Å². The highest BCUT2D eigenvalue weighted by Crippen LogP contribution is 2.27. The van der Waals surface area contributed by atoms with Gasteiger partial charge in [-0.3, -0.25) is 0 Å². The van der Waals surface area contributed by atoms with Gasteiger partial charge in [-0.15, -0.1) is 0 Å². The fourth-order valence-corrected chi connectivity index (χ4v) is 2.58. The van der Waals surface area contributed by atoms with E-state index in [2.05, 4.69) is 0 Å². The number of rotatable bonds is 2. The molecule has 0 unspecified atom stereocenters. The standard InChI is InChI=1S/C14H12ClFO2S/c1-9-3-4-11(5-10(9)2)12-6-13(16)8-14(7-12)19(15,17)18/h3-8H,1-2H3. The molecule has 19 heavy (non-hydrogen) atoms. The Bertz CT molecular complexity index is 739. The predicted molar refractivity (Wildman–Crippen MR) is 74.3 cm³/mol. The molecule has 0 heterocycles. The molecule has 0 aliphatic rings. The van der Waals surface area contributed by atoms with Gasteiger partial charge < -0.3 is 0 Å². The summed E-state index contributed by atoms with van der Waals surface area (Å²) in [6.45, 7) is 3.91. The first kappa shape index (κ1) is 14.0. The van der Waals surface area contributed by atoms with Crippen molar-refractivity contribution in [1.29, 1.82) is 0 Å². The van der Waals surface area contributed by atoms with Crippen molar-refractivity contribution in [1.82, 2.24) is 0 Å². The highest BCUT2D eigenvalue weighted by atomic mass is 35.7. The molecule has 5 heteroatoms. The Hall–Kier alpha value is -1.39. The van der Waals surface area contributed by atoms with Crippen LogP contribution in [0.1, 0.15) is 11.1 Å². The zero-order valence-corrected chi connectivity index (χ0v) is 12.0. The molecule has 0 fully saturated rings. The van der Waals surface area contributed by atoms with Gasteiger partial charge in [-0.2, -0.15) is 0 Å². The molecule has 0 aliphatic heterocycles. The molecule has 2 nitrogen and oxygen atoms in total. The van der Waals surface area contributed by atoms with E-state index in [1.807, 2.05) is 32.0 Å². The molecule has 0 saturated heterocycles. The molecule has 0 N–H and O–H groups in total. The van der Waals surface area contributed by atoms with Crippen LogP contribution in [0.2, 0.25) is 0 Å². The van der Waals surface area contributed by atoms with Crippen LogP contribution in [0.4, 0.5) is 4.39 Å². The van der Waals surface area contributed by atoms with Gasteiger partial charge in [-0.1, -0.05) is 18.2 Å². The minimum absolute atomic E-state index is 0.234. The number of benzene rings is 2. The van der Waals surface area contributed by atoms with Gasteiger partial charge in [0.1, 0.15) is 5.82 Å². The predicted octanol–water partition coefficient (Wildman–Crippen LogP) is 4.04. The third-order valence-corrected chi connectivity index (χ3v) is 4.33. The third-order valence-electron chi connectivity index (χ3n) is 2.99. The number of halogens is 2. The number of hydrogen-bond donors (Lipinski definition) is 0. The summed E-state index contributed by atoms with van der Waals surface area (Å²) in [4.78, 5) is -0.234. The van der Waals surface area contributed by atoms with Crippen molar-refractivity contribution in [2.24, 2.45) is 0 Å². The summed E-state index contributed by atoms with van der Waals surface area (Å²) in [5.74, 6) is -0.630. The Morgan fingerprint density at radius 3 is 2.21 bits per heavy atom. The van der Waals surface area contributed by atoms with Crippen molar-refractivity contribution in [3.8, 4) is 11.1 Å². The van der Waals surface area contributed by atoms with Gasteiger partial charge in [0.05, 0.1) is 4.90 Å². The van der Waals surface area contributed by atoms with E-state index in [-0.39, 0.29) is 4.90 Å². The molecule has 2 aromatic rings. The normalized spacial score (nSPS) is 11.6. The Kier molecular flexibility index (Phi) is 3.65.